The lowest BCUT2D eigenvalue weighted by atomic mass is 10.2. The minimum atomic E-state index is -2.20. The molecule has 7 nitrogen and oxygen atoms in total. The van der Waals surface area contributed by atoms with Crippen LogP contribution in [0, 0.1) is 0 Å². The summed E-state index contributed by atoms with van der Waals surface area (Å²) in [4.78, 5) is 13.7. The summed E-state index contributed by atoms with van der Waals surface area (Å²) in [7, 11) is -2.20. The highest BCUT2D eigenvalue weighted by atomic mass is 32.3. The maximum Gasteiger partial charge on any atom is 0.264 e. The van der Waals surface area contributed by atoms with Crippen LogP contribution in [0.2, 0.25) is 0 Å². The summed E-state index contributed by atoms with van der Waals surface area (Å²) in [6.07, 6.45) is 1.79. The number of ether oxygens (including phenoxy) is 2. The normalized spacial score (nSPS) is 23.9. The number of hydrogen-bond acceptors (Lipinski definition) is 7. The Morgan fingerprint density at radius 2 is 1.85 bits per heavy atom. The van der Waals surface area contributed by atoms with Gasteiger partial charge in [-0.1, -0.05) is 35.0 Å². The highest BCUT2D eigenvalue weighted by molar-refractivity contribution is 8.27. The standard InChI is InChI=1S/C18H14N2O5S2/c21-17-16(9-12-6-7-14-15(8-12)23-10-22-14)26-18(19-17)20-27(24-11-25-27)13-4-2-1-3-5-13/h1-9H,10-11H2,(H,19,20,21)/b16-9-. The second kappa shape index (κ2) is 6.61. The van der Waals surface area contributed by atoms with Gasteiger partial charge in [-0.25, -0.2) is 8.37 Å². The Morgan fingerprint density at radius 3 is 2.63 bits per heavy atom. The van der Waals surface area contributed by atoms with Gasteiger partial charge in [0.25, 0.3) is 5.91 Å². The lowest BCUT2D eigenvalue weighted by Gasteiger charge is -2.45. The van der Waals surface area contributed by atoms with Gasteiger partial charge in [0.1, 0.15) is 0 Å². The zero-order valence-corrected chi connectivity index (χ0v) is 15.5. The topological polar surface area (TPSA) is 78.4 Å². The molecule has 0 saturated carbocycles. The highest BCUT2D eigenvalue weighted by Crippen LogP contribution is 2.65. The van der Waals surface area contributed by atoms with Crippen LogP contribution in [0.25, 0.3) is 6.08 Å². The number of hydrogen-bond donors (Lipinski definition) is 1. The average Bonchev–Trinajstić information content (AvgIpc) is 3.25. The molecule has 0 bridgehead atoms. The summed E-state index contributed by atoms with van der Waals surface area (Å²) in [6, 6.07) is 15.1. The molecule has 1 amide bonds. The van der Waals surface area contributed by atoms with Gasteiger partial charge in [0.15, 0.2) is 23.5 Å². The van der Waals surface area contributed by atoms with Crippen LogP contribution >= 0.6 is 22.5 Å². The van der Waals surface area contributed by atoms with E-state index in [0.29, 0.717) is 21.6 Å². The Morgan fingerprint density at radius 1 is 1.04 bits per heavy atom. The number of nitrogens with one attached hydrogen (secondary N) is 1. The maximum atomic E-state index is 12.3. The Hall–Kier alpha value is -2.46. The molecular formula is C18H14N2O5S2. The molecule has 2 saturated heterocycles. The Bertz CT molecular complexity index is 973. The molecule has 3 aliphatic rings. The van der Waals surface area contributed by atoms with Gasteiger partial charge in [-0.3, -0.25) is 10.1 Å². The SMILES string of the molecule is O=C1N/C(=N\S2(c3ccccc3)OCO2)S/C1=C\c1ccc2c(c1)OCO2. The van der Waals surface area contributed by atoms with Crippen molar-refractivity contribution in [1.82, 2.24) is 5.32 Å². The van der Waals surface area contributed by atoms with E-state index in [0.717, 1.165) is 10.5 Å². The fourth-order valence-corrected chi connectivity index (χ4v) is 5.37. The summed E-state index contributed by atoms with van der Waals surface area (Å²) in [5, 5.41) is 3.24. The minimum Gasteiger partial charge on any atom is -0.454 e. The molecule has 27 heavy (non-hydrogen) atoms. The quantitative estimate of drug-likeness (QED) is 0.791. The van der Waals surface area contributed by atoms with Gasteiger partial charge >= 0.3 is 0 Å². The fourth-order valence-electron chi connectivity index (χ4n) is 2.71. The lowest BCUT2D eigenvalue weighted by Crippen LogP contribution is -2.25. The van der Waals surface area contributed by atoms with Crippen LogP contribution in [-0.4, -0.2) is 24.7 Å². The molecule has 0 unspecified atom stereocenters. The minimum absolute atomic E-state index is 0.194. The van der Waals surface area contributed by atoms with Gasteiger partial charge in [-0.2, -0.15) is 0 Å². The van der Waals surface area contributed by atoms with E-state index >= 15 is 0 Å². The Balaban J connectivity index is 1.41. The van der Waals surface area contributed by atoms with E-state index < -0.39 is 10.8 Å². The van der Waals surface area contributed by atoms with Crippen molar-refractivity contribution in [2.45, 2.75) is 4.90 Å². The number of amidine groups is 1. The first-order chi connectivity index (χ1) is 13.2. The zero-order chi connectivity index (χ0) is 18.3. The van der Waals surface area contributed by atoms with Crippen molar-refractivity contribution in [2.75, 3.05) is 13.6 Å². The number of rotatable bonds is 3. The molecule has 2 aromatic carbocycles. The highest BCUT2D eigenvalue weighted by Gasteiger charge is 2.35. The number of fused-ring (bicyclic) bond motifs is 1. The molecule has 5 rings (SSSR count). The Kier molecular flexibility index (Phi) is 4.09. The second-order valence-corrected chi connectivity index (χ2v) is 8.82. The van der Waals surface area contributed by atoms with Crippen LogP contribution in [-0.2, 0) is 13.2 Å². The van der Waals surface area contributed by atoms with Crippen molar-refractivity contribution in [3.05, 3.63) is 59.0 Å². The van der Waals surface area contributed by atoms with Gasteiger partial charge in [-0.15, -0.1) is 4.40 Å². The van der Waals surface area contributed by atoms with Crippen molar-refractivity contribution in [3.8, 4) is 11.5 Å². The summed E-state index contributed by atoms with van der Waals surface area (Å²) < 4.78 is 26.6. The molecule has 138 valence electrons. The van der Waals surface area contributed by atoms with E-state index in [9.17, 15) is 4.79 Å². The van der Waals surface area contributed by atoms with Crippen LogP contribution in [0.15, 0.2) is 62.7 Å². The van der Waals surface area contributed by atoms with Crippen LogP contribution in [0.5, 0.6) is 11.5 Å². The third kappa shape index (κ3) is 3.08. The van der Waals surface area contributed by atoms with Crippen molar-refractivity contribution < 1.29 is 22.6 Å². The molecular weight excluding hydrogens is 388 g/mol. The van der Waals surface area contributed by atoms with Gasteiger partial charge in [0, 0.05) is 0 Å². The van der Waals surface area contributed by atoms with E-state index in [1.54, 1.807) is 6.08 Å². The van der Waals surface area contributed by atoms with Crippen LogP contribution in [0.4, 0.5) is 0 Å². The van der Waals surface area contributed by atoms with Crippen molar-refractivity contribution >= 4 is 39.7 Å². The third-order valence-electron chi connectivity index (χ3n) is 4.01. The predicted octanol–water partition coefficient (Wildman–Crippen LogP) is 3.59. The van der Waals surface area contributed by atoms with E-state index in [1.165, 1.54) is 11.8 Å². The van der Waals surface area contributed by atoms with Gasteiger partial charge in [0.05, 0.1) is 9.80 Å². The number of thioether (sulfide) groups is 1. The van der Waals surface area contributed by atoms with Crippen molar-refractivity contribution in [2.24, 2.45) is 4.40 Å². The summed E-state index contributed by atoms with van der Waals surface area (Å²) >= 11 is 1.26. The molecule has 2 aromatic rings. The summed E-state index contributed by atoms with van der Waals surface area (Å²) in [5.41, 5.74) is 0.847. The molecule has 0 spiro atoms. The molecule has 9 heteroatoms. The number of carbonyl (C=O) groups is 1. The molecule has 1 N–H and O–H groups in total. The summed E-state index contributed by atoms with van der Waals surface area (Å²) in [5.74, 6) is 1.17. The molecule has 0 aliphatic carbocycles. The average molecular weight is 402 g/mol. The maximum absolute atomic E-state index is 12.3. The first-order valence-electron chi connectivity index (χ1n) is 8.10. The first-order valence-corrected chi connectivity index (χ1v) is 10.4. The smallest absolute Gasteiger partial charge is 0.264 e. The molecule has 2 fully saturated rings. The number of amides is 1. The monoisotopic (exact) mass is 402 g/mol. The summed E-state index contributed by atoms with van der Waals surface area (Å²) in [6.45, 7) is 0.408. The molecule has 0 aromatic heterocycles. The number of nitrogens with zero attached hydrogens (tertiary/aromatic N) is 1. The van der Waals surface area contributed by atoms with E-state index in [2.05, 4.69) is 9.71 Å². The van der Waals surface area contributed by atoms with Gasteiger partial charge < -0.3 is 9.47 Å². The Labute approximate surface area is 161 Å². The zero-order valence-electron chi connectivity index (χ0n) is 13.9. The van der Waals surface area contributed by atoms with Crippen molar-refractivity contribution in [1.29, 1.82) is 0 Å². The second-order valence-electron chi connectivity index (χ2n) is 5.72. The predicted molar refractivity (Wildman–Crippen MR) is 103 cm³/mol. The number of carbonyl (C=O) groups excluding carboxylic acids is 1. The third-order valence-corrected chi connectivity index (χ3v) is 7.15. The molecule has 3 heterocycles. The van der Waals surface area contributed by atoms with E-state index in [1.807, 2.05) is 48.5 Å². The largest absolute Gasteiger partial charge is 0.454 e. The number of benzene rings is 2. The van der Waals surface area contributed by atoms with Crippen LogP contribution < -0.4 is 14.8 Å². The van der Waals surface area contributed by atoms with Crippen LogP contribution in [0.1, 0.15) is 5.56 Å². The van der Waals surface area contributed by atoms with Crippen LogP contribution in [0.3, 0.4) is 0 Å². The fraction of sp³-hybridized carbons (Fsp3) is 0.111. The molecule has 0 radical (unpaired) electrons. The molecule has 0 atom stereocenters. The first kappa shape index (κ1) is 16.7. The van der Waals surface area contributed by atoms with Gasteiger partial charge in [0.2, 0.25) is 6.79 Å². The van der Waals surface area contributed by atoms with E-state index in [-0.39, 0.29) is 19.5 Å². The molecule has 3 aliphatic heterocycles. The van der Waals surface area contributed by atoms with Gasteiger partial charge in [-0.05, 0) is 47.7 Å². The van der Waals surface area contributed by atoms with Crippen molar-refractivity contribution in [3.63, 3.8) is 0 Å². The van der Waals surface area contributed by atoms with E-state index in [4.69, 9.17) is 17.8 Å². The lowest BCUT2D eigenvalue weighted by molar-refractivity contribution is -0.115.